The molecule has 3 N–H and O–H groups in total. The molecule has 3 atom stereocenters. The Morgan fingerprint density at radius 3 is 2.68 bits per heavy atom. The Labute approximate surface area is 180 Å². The van der Waals surface area contributed by atoms with Crippen LogP contribution in [0.25, 0.3) is 22.0 Å². The fourth-order valence-electron chi connectivity index (χ4n) is 5.13. The van der Waals surface area contributed by atoms with E-state index in [-0.39, 0.29) is 11.8 Å². The number of amides is 1. The molecule has 3 aliphatic rings. The van der Waals surface area contributed by atoms with Gasteiger partial charge in [-0.05, 0) is 41.8 Å². The Morgan fingerprint density at radius 1 is 1.19 bits per heavy atom. The zero-order chi connectivity index (χ0) is 21.1. The summed E-state index contributed by atoms with van der Waals surface area (Å²) in [5.41, 5.74) is 9.23. The molecule has 1 saturated carbocycles. The van der Waals surface area contributed by atoms with Gasteiger partial charge in [-0.3, -0.25) is 9.69 Å². The fraction of sp³-hybridized carbons (Fsp3) is 0.375. The molecular formula is C24H25N5O2. The molecule has 7 nitrogen and oxygen atoms in total. The number of carbonyl (C=O) groups excluding carboxylic acids is 1. The van der Waals surface area contributed by atoms with E-state index in [4.69, 9.17) is 10.5 Å². The highest BCUT2D eigenvalue weighted by Crippen LogP contribution is 2.52. The van der Waals surface area contributed by atoms with E-state index < -0.39 is 0 Å². The molecule has 0 bridgehead atoms. The van der Waals surface area contributed by atoms with Crippen molar-refractivity contribution in [1.29, 1.82) is 0 Å². The lowest BCUT2D eigenvalue weighted by Gasteiger charge is -2.35. The molecule has 7 heteroatoms. The summed E-state index contributed by atoms with van der Waals surface area (Å²) in [4.78, 5) is 24.3. The fourth-order valence-corrected chi connectivity index (χ4v) is 5.13. The molecule has 3 fully saturated rings. The van der Waals surface area contributed by atoms with Crippen LogP contribution in [0.5, 0.6) is 0 Å². The molecule has 1 aliphatic carbocycles. The van der Waals surface area contributed by atoms with Crippen LogP contribution in [0.4, 0.5) is 11.6 Å². The van der Waals surface area contributed by atoms with Gasteiger partial charge in [-0.25, -0.2) is 9.97 Å². The van der Waals surface area contributed by atoms with Crippen molar-refractivity contribution >= 4 is 28.3 Å². The number of nitrogens with zero attached hydrogens (tertiary/aromatic N) is 3. The van der Waals surface area contributed by atoms with E-state index in [0.717, 1.165) is 53.9 Å². The quantitative estimate of drug-likeness (QED) is 0.681. The predicted molar refractivity (Wildman–Crippen MR) is 119 cm³/mol. The summed E-state index contributed by atoms with van der Waals surface area (Å²) in [6.45, 7) is 5.73. The number of piperidine rings is 1. The van der Waals surface area contributed by atoms with Gasteiger partial charge in [-0.15, -0.1) is 0 Å². The molecule has 3 aromatic rings. The summed E-state index contributed by atoms with van der Waals surface area (Å²) in [7, 11) is 0. The number of nitrogen functional groups attached to an aromatic ring is 1. The van der Waals surface area contributed by atoms with Crippen LogP contribution in [0.3, 0.4) is 0 Å². The lowest BCUT2D eigenvalue weighted by atomic mass is 10.0. The van der Waals surface area contributed by atoms with Crippen LogP contribution in [0.1, 0.15) is 5.56 Å². The van der Waals surface area contributed by atoms with Gasteiger partial charge in [-0.1, -0.05) is 24.3 Å². The van der Waals surface area contributed by atoms with Crippen LogP contribution in [-0.4, -0.2) is 53.1 Å². The van der Waals surface area contributed by atoms with Crippen molar-refractivity contribution < 1.29 is 9.53 Å². The third-order valence-electron chi connectivity index (χ3n) is 7.08. The van der Waals surface area contributed by atoms with Crippen molar-refractivity contribution in [3.63, 3.8) is 0 Å². The zero-order valence-corrected chi connectivity index (χ0v) is 17.4. The molecule has 2 aliphatic heterocycles. The second-order valence-corrected chi connectivity index (χ2v) is 8.99. The van der Waals surface area contributed by atoms with Gasteiger partial charge in [0.05, 0.1) is 24.9 Å². The third kappa shape index (κ3) is 3.16. The van der Waals surface area contributed by atoms with Crippen molar-refractivity contribution in [2.24, 2.45) is 17.8 Å². The monoisotopic (exact) mass is 415 g/mol. The van der Waals surface area contributed by atoms with Crippen molar-refractivity contribution in [2.45, 2.75) is 13.0 Å². The molecule has 1 aromatic carbocycles. The largest absolute Gasteiger partial charge is 0.383 e. The Bertz CT molecular complexity index is 1180. The van der Waals surface area contributed by atoms with Crippen molar-refractivity contribution in [2.75, 3.05) is 37.4 Å². The molecule has 0 spiro atoms. The number of likely N-dealkylation sites (tertiary alicyclic amines) is 1. The van der Waals surface area contributed by atoms with Gasteiger partial charge in [0.25, 0.3) is 0 Å². The number of anilines is 2. The van der Waals surface area contributed by atoms with Crippen LogP contribution in [-0.2, 0) is 9.53 Å². The highest BCUT2D eigenvalue weighted by Gasteiger charge is 2.60. The normalized spacial score (nSPS) is 25.3. The van der Waals surface area contributed by atoms with Crippen molar-refractivity contribution in [3.8, 4) is 11.3 Å². The minimum absolute atomic E-state index is 0.0764. The highest BCUT2D eigenvalue weighted by atomic mass is 16.5. The summed E-state index contributed by atoms with van der Waals surface area (Å²) in [6.07, 6.45) is 1.70. The number of hydrogen-bond acceptors (Lipinski definition) is 6. The Morgan fingerprint density at radius 2 is 1.97 bits per heavy atom. The molecule has 6 rings (SSSR count). The number of ether oxygens (including phenoxy) is 1. The minimum atomic E-state index is 0.0764. The number of pyridine rings is 2. The average molecular weight is 415 g/mol. The summed E-state index contributed by atoms with van der Waals surface area (Å²) < 4.78 is 5.29. The number of rotatable bonds is 4. The smallest absolute Gasteiger partial charge is 0.229 e. The van der Waals surface area contributed by atoms with Gasteiger partial charge in [0.2, 0.25) is 5.91 Å². The second-order valence-electron chi connectivity index (χ2n) is 8.99. The first-order valence-corrected chi connectivity index (χ1v) is 10.8. The van der Waals surface area contributed by atoms with Gasteiger partial charge >= 0.3 is 0 Å². The van der Waals surface area contributed by atoms with E-state index in [0.29, 0.717) is 29.5 Å². The van der Waals surface area contributed by atoms with Crippen molar-refractivity contribution in [3.05, 3.63) is 48.2 Å². The molecule has 0 radical (unpaired) electrons. The van der Waals surface area contributed by atoms with Gasteiger partial charge in [0.1, 0.15) is 11.6 Å². The predicted octanol–water partition coefficient (Wildman–Crippen LogP) is 2.70. The van der Waals surface area contributed by atoms with E-state index in [9.17, 15) is 4.79 Å². The molecule has 2 aromatic heterocycles. The molecule has 4 heterocycles. The molecule has 1 amide bonds. The lowest BCUT2D eigenvalue weighted by Crippen LogP contribution is -2.49. The minimum Gasteiger partial charge on any atom is -0.383 e. The van der Waals surface area contributed by atoms with Crippen LogP contribution in [0.15, 0.2) is 42.6 Å². The first kappa shape index (κ1) is 18.7. The van der Waals surface area contributed by atoms with Crippen LogP contribution in [0.2, 0.25) is 0 Å². The second kappa shape index (κ2) is 7.00. The molecule has 1 unspecified atom stereocenters. The van der Waals surface area contributed by atoms with Gasteiger partial charge in [0.15, 0.2) is 0 Å². The van der Waals surface area contributed by atoms with E-state index >= 15 is 0 Å². The van der Waals surface area contributed by atoms with E-state index in [1.807, 2.05) is 30.3 Å². The van der Waals surface area contributed by atoms with Crippen molar-refractivity contribution in [1.82, 2.24) is 14.9 Å². The summed E-state index contributed by atoms with van der Waals surface area (Å²) in [6, 6.07) is 12.6. The Hall–Kier alpha value is -3.03. The molecule has 2 saturated heterocycles. The number of fused-ring (bicyclic) bond motifs is 2. The van der Waals surface area contributed by atoms with Gasteiger partial charge in [0, 0.05) is 36.2 Å². The number of aromatic nitrogens is 2. The standard InChI is InChI=1S/C24H25N5O2/c1-13-4-2-3-5-16(13)20-6-14-7-21(26-8-17(14)23(25)27-20)28-24(30)22-18-9-29(10-19(18)22)15-11-31-12-15/h2-8,15,18-19,22H,9-12H2,1H3,(H2,25,27)(H,26,28,30)/t18-,19+,22?. The molecule has 31 heavy (non-hydrogen) atoms. The molecular weight excluding hydrogens is 390 g/mol. The summed E-state index contributed by atoms with van der Waals surface area (Å²) in [5, 5.41) is 4.74. The van der Waals surface area contributed by atoms with Crippen LogP contribution >= 0.6 is 0 Å². The third-order valence-corrected chi connectivity index (χ3v) is 7.08. The maximum Gasteiger partial charge on any atom is 0.229 e. The van der Waals surface area contributed by atoms with Crippen LogP contribution < -0.4 is 11.1 Å². The van der Waals surface area contributed by atoms with Crippen LogP contribution in [0, 0.1) is 24.7 Å². The lowest BCUT2D eigenvalue weighted by molar-refractivity contribution is -0.118. The first-order valence-electron chi connectivity index (χ1n) is 10.8. The van der Waals surface area contributed by atoms with Gasteiger partial charge < -0.3 is 15.8 Å². The number of nitrogens with two attached hydrogens (primary N) is 1. The average Bonchev–Trinajstić information content (AvgIpc) is 3.22. The topological polar surface area (TPSA) is 93.4 Å². The number of benzene rings is 1. The maximum atomic E-state index is 12.9. The van der Waals surface area contributed by atoms with E-state index in [1.54, 1.807) is 6.20 Å². The zero-order valence-electron chi connectivity index (χ0n) is 17.4. The summed E-state index contributed by atoms with van der Waals surface area (Å²) in [5.74, 6) is 2.11. The molecule has 158 valence electrons. The van der Waals surface area contributed by atoms with E-state index in [1.165, 1.54) is 0 Å². The maximum absolute atomic E-state index is 12.9. The highest BCUT2D eigenvalue weighted by molar-refractivity contribution is 5.98. The SMILES string of the molecule is Cc1ccccc1-c1cc2cc(NC(=O)C3[C@H]4CN(C5COC5)C[C@@H]34)ncc2c(N)n1. The number of aryl methyl sites for hydroxylation is 1. The number of hydrogen-bond donors (Lipinski definition) is 2. The summed E-state index contributed by atoms with van der Waals surface area (Å²) >= 11 is 0. The Kier molecular flexibility index (Phi) is 4.23. The van der Waals surface area contributed by atoms with Gasteiger partial charge in [-0.2, -0.15) is 0 Å². The first-order chi connectivity index (χ1) is 15.1. The number of carbonyl (C=O) groups is 1. The Balaban J connectivity index is 1.21. The van der Waals surface area contributed by atoms with E-state index in [2.05, 4.69) is 33.2 Å². The number of nitrogens with one attached hydrogen (secondary N) is 1.